The molecule has 6 nitrogen and oxygen atoms in total. The summed E-state index contributed by atoms with van der Waals surface area (Å²) in [4.78, 5) is 16.7. The predicted octanol–water partition coefficient (Wildman–Crippen LogP) is 4.27. The fourth-order valence-corrected chi connectivity index (χ4v) is 5.36. The Morgan fingerprint density at radius 1 is 1.07 bits per heavy atom. The van der Waals surface area contributed by atoms with Crippen molar-refractivity contribution in [2.45, 2.75) is 57.8 Å². The van der Waals surface area contributed by atoms with Crippen LogP contribution in [0.3, 0.4) is 0 Å². The topological polar surface area (TPSA) is 58.6 Å². The number of nitrogens with zero attached hydrogens (tertiary/aromatic N) is 4. The molecule has 2 aromatic rings. The second-order valence-electron chi connectivity index (χ2n) is 8.31. The molecule has 1 aromatic carbocycles. The summed E-state index contributed by atoms with van der Waals surface area (Å²) in [5.74, 6) is 1.40. The average molecular weight is 429 g/mol. The minimum Gasteiger partial charge on any atom is -0.484 e. The van der Waals surface area contributed by atoms with Crippen LogP contribution in [0.1, 0.15) is 61.9 Å². The number of amides is 1. The Labute approximate surface area is 183 Å². The molecule has 1 aliphatic heterocycles. The molecule has 0 atom stereocenters. The molecule has 1 saturated carbocycles. The van der Waals surface area contributed by atoms with E-state index in [2.05, 4.69) is 34.2 Å². The second kappa shape index (κ2) is 10.2. The first-order valence-electron chi connectivity index (χ1n) is 11.3. The van der Waals surface area contributed by atoms with E-state index in [0.29, 0.717) is 19.0 Å². The smallest absolute Gasteiger partial charge is 0.260 e. The van der Waals surface area contributed by atoms with Gasteiger partial charge < -0.3 is 14.5 Å². The highest BCUT2D eigenvalue weighted by Crippen LogP contribution is 2.36. The maximum atomic E-state index is 12.6. The third kappa shape index (κ3) is 5.31. The molecule has 2 aliphatic rings. The number of aromatic nitrogens is 2. The lowest BCUT2D eigenvalue weighted by atomic mass is 9.90. The van der Waals surface area contributed by atoms with E-state index in [1.54, 1.807) is 11.3 Å². The molecule has 7 heteroatoms. The van der Waals surface area contributed by atoms with E-state index in [9.17, 15) is 4.79 Å². The molecule has 1 amide bonds. The number of hydrogen-bond donors (Lipinski definition) is 0. The zero-order valence-corrected chi connectivity index (χ0v) is 18.7. The van der Waals surface area contributed by atoms with Gasteiger partial charge in [0.25, 0.3) is 5.91 Å². The van der Waals surface area contributed by atoms with Crippen LogP contribution in [-0.2, 0) is 11.2 Å². The lowest BCUT2D eigenvalue weighted by Crippen LogP contribution is -2.50. The van der Waals surface area contributed by atoms with E-state index in [1.807, 2.05) is 17.0 Å². The van der Waals surface area contributed by atoms with Crippen molar-refractivity contribution in [2.75, 3.05) is 37.7 Å². The Morgan fingerprint density at radius 2 is 1.80 bits per heavy atom. The molecule has 2 heterocycles. The molecular weight excluding hydrogens is 396 g/mol. The monoisotopic (exact) mass is 428 g/mol. The summed E-state index contributed by atoms with van der Waals surface area (Å²) < 4.78 is 5.71. The van der Waals surface area contributed by atoms with Crippen molar-refractivity contribution in [3.8, 4) is 5.75 Å². The second-order valence-corrected chi connectivity index (χ2v) is 9.30. The molecule has 0 bridgehead atoms. The van der Waals surface area contributed by atoms with Gasteiger partial charge in [0.05, 0.1) is 0 Å². The van der Waals surface area contributed by atoms with Crippen LogP contribution in [0.25, 0.3) is 0 Å². The summed E-state index contributed by atoms with van der Waals surface area (Å²) in [5, 5.41) is 11.1. The predicted molar refractivity (Wildman–Crippen MR) is 120 cm³/mol. The first-order valence-corrected chi connectivity index (χ1v) is 12.1. The van der Waals surface area contributed by atoms with Crippen molar-refractivity contribution in [1.29, 1.82) is 0 Å². The van der Waals surface area contributed by atoms with Gasteiger partial charge in [-0.25, -0.2) is 0 Å². The van der Waals surface area contributed by atoms with Gasteiger partial charge in [0.15, 0.2) is 6.61 Å². The van der Waals surface area contributed by atoms with Gasteiger partial charge in [0.1, 0.15) is 10.8 Å². The standard InChI is InChI=1S/C23H32N4O2S/c1-2-6-18-9-11-20(12-10-18)29-17-21(28)26-13-15-27(16-14-26)23-25-24-22(30-23)19-7-4-3-5-8-19/h9-12,19H,2-8,13-17H2,1H3. The van der Waals surface area contributed by atoms with E-state index < -0.39 is 0 Å². The van der Waals surface area contributed by atoms with Crippen LogP contribution in [0.15, 0.2) is 24.3 Å². The minimum absolute atomic E-state index is 0.0486. The first-order chi connectivity index (χ1) is 14.7. The van der Waals surface area contributed by atoms with E-state index in [1.165, 1.54) is 42.7 Å². The largest absolute Gasteiger partial charge is 0.484 e. The highest BCUT2D eigenvalue weighted by atomic mass is 32.1. The van der Waals surface area contributed by atoms with E-state index in [4.69, 9.17) is 4.74 Å². The number of ether oxygens (including phenoxy) is 1. The lowest BCUT2D eigenvalue weighted by molar-refractivity contribution is -0.133. The summed E-state index contributed by atoms with van der Waals surface area (Å²) >= 11 is 1.74. The van der Waals surface area contributed by atoms with Gasteiger partial charge in [-0.2, -0.15) is 0 Å². The highest BCUT2D eigenvalue weighted by molar-refractivity contribution is 7.15. The molecule has 0 radical (unpaired) electrons. The number of carbonyl (C=O) groups is 1. The Balaban J connectivity index is 1.23. The Bertz CT molecular complexity index is 809. The van der Waals surface area contributed by atoms with E-state index in [-0.39, 0.29) is 12.5 Å². The molecule has 4 rings (SSSR count). The van der Waals surface area contributed by atoms with Crippen LogP contribution in [0, 0.1) is 0 Å². The zero-order chi connectivity index (χ0) is 20.8. The number of rotatable bonds is 7. The van der Waals surface area contributed by atoms with Gasteiger partial charge in [-0.15, -0.1) is 10.2 Å². The van der Waals surface area contributed by atoms with Crippen molar-refractivity contribution >= 4 is 22.4 Å². The van der Waals surface area contributed by atoms with Crippen molar-refractivity contribution in [1.82, 2.24) is 15.1 Å². The van der Waals surface area contributed by atoms with Crippen molar-refractivity contribution in [3.63, 3.8) is 0 Å². The lowest BCUT2D eigenvalue weighted by Gasteiger charge is -2.34. The number of piperazine rings is 1. The highest BCUT2D eigenvalue weighted by Gasteiger charge is 2.25. The van der Waals surface area contributed by atoms with Gasteiger partial charge in [0, 0.05) is 32.1 Å². The number of carbonyl (C=O) groups excluding carboxylic acids is 1. The number of benzene rings is 1. The molecule has 0 unspecified atom stereocenters. The van der Waals surface area contributed by atoms with Gasteiger partial charge in [-0.3, -0.25) is 4.79 Å². The van der Waals surface area contributed by atoms with Crippen LogP contribution < -0.4 is 9.64 Å². The van der Waals surface area contributed by atoms with Gasteiger partial charge in [0.2, 0.25) is 5.13 Å². The maximum Gasteiger partial charge on any atom is 0.260 e. The van der Waals surface area contributed by atoms with Crippen LogP contribution >= 0.6 is 11.3 Å². The minimum atomic E-state index is 0.0486. The van der Waals surface area contributed by atoms with Gasteiger partial charge in [-0.05, 0) is 37.0 Å². The maximum absolute atomic E-state index is 12.6. The molecular formula is C23H32N4O2S. The quantitative estimate of drug-likeness (QED) is 0.659. The van der Waals surface area contributed by atoms with E-state index in [0.717, 1.165) is 36.8 Å². The summed E-state index contributed by atoms with van der Waals surface area (Å²) in [5.41, 5.74) is 1.30. The van der Waals surface area contributed by atoms with Crippen LogP contribution in [0.5, 0.6) is 5.75 Å². The van der Waals surface area contributed by atoms with Gasteiger partial charge >= 0.3 is 0 Å². The van der Waals surface area contributed by atoms with Crippen LogP contribution in [-0.4, -0.2) is 53.8 Å². The van der Waals surface area contributed by atoms with Crippen LogP contribution in [0.2, 0.25) is 0 Å². The Kier molecular flexibility index (Phi) is 7.20. The number of hydrogen-bond acceptors (Lipinski definition) is 6. The normalized spacial score (nSPS) is 17.9. The fraction of sp³-hybridized carbons (Fsp3) is 0.609. The third-order valence-corrected chi connectivity index (χ3v) is 7.26. The Hall–Kier alpha value is -2.15. The Morgan fingerprint density at radius 3 is 2.50 bits per heavy atom. The van der Waals surface area contributed by atoms with E-state index >= 15 is 0 Å². The molecule has 1 aliphatic carbocycles. The summed E-state index contributed by atoms with van der Waals surface area (Å²) in [7, 11) is 0. The molecule has 162 valence electrons. The van der Waals surface area contributed by atoms with Crippen molar-refractivity contribution in [2.24, 2.45) is 0 Å². The molecule has 30 heavy (non-hydrogen) atoms. The van der Waals surface area contributed by atoms with Crippen molar-refractivity contribution in [3.05, 3.63) is 34.8 Å². The molecule has 0 spiro atoms. The first kappa shape index (κ1) is 21.1. The van der Waals surface area contributed by atoms with Crippen molar-refractivity contribution < 1.29 is 9.53 Å². The molecule has 1 saturated heterocycles. The summed E-state index contributed by atoms with van der Waals surface area (Å²) in [6.07, 6.45) is 8.67. The van der Waals surface area contributed by atoms with Gasteiger partial charge in [-0.1, -0.05) is 56.1 Å². The number of anilines is 1. The van der Waals surface area contributed by atoms with Crippen LogP contribution in [0.4, 0.5) is 5.13 Å². The summed E-state index contributed by atoms with van der Waals surface area (Å²) in [6, 6.07) is 8.06. The molecule has 2 fully saturated rings. The fourth-order valence-electron chi connectivity index (χ4n) is 4.29. The average Bonchev–Trinajstić information content (AvgIpc) is 3.30. The number of aryl methyl sites for hydroxylation is 1. The third-order valence-electron chi connectivity index (χ3n) is 6.11. The molecule has 0 N–H and O–H groups in total. The summed E-state index contributed by atoms with van der Waals surface area (Å²) in [6.45, 7) is 5.28. The SMILES string of the molecule is CCCc1ccc(OCC(=O)N2CCN(c3nnc(C4CCCCC4)s3)CC2)cc1. The molecule has 1 aromatic heterocycles. The zero-order valence-electron chi connectivity index (χ0n) is 17.9.